The van der Waals surface area contributed by atoms with Gasteiger partial charge in [0.05, 0.1) is 17.6 Å². The highest BCUT2D eigenvalue weighted by Crippen LogP contribution is 2.27. The first-order valence-corrected chi connectivity index (χ1v) is 7.56. The van der Waals surface area contributed by atoms with Crippen LogP contribution in [0.25, 0.3) is 0 Å². The summed E-state index contributed by atoms with van der Waals surface area (Å²) in [5.74, 6) is 0.449. The number of sulfonamides is 1. The number of nitrogens with two attached hydrogens (primary N) is 1. The van der Waals surface area contributed by atoms with Crippen LogP contribution in [-0.4, -0.2) is 13.6 Å². The van der Waals surface area contributed by atoms with Crippen molar-refractivity contribution in [3.8, 4) is 0 Å². The van der Waals surface area contributed by atoms with E-state index in [1.54, 1.807) is 26.0 Å². The monoisotopic (exact) mass is 295 g/mol. The fraction of sp³-hybridized carbons (Fsp3) is 0.308. The fourth-order valence-corrected chi connectivity index (χ4v) is 3.58. The van der Waals surface area contributed by atoms with Gasteiger partial charge in [-0.15, -0.1) is 0 Å². The van der Waals surface area contributed by atoms with Gasteiger partial charge in [0.2, 0.25) is 10.0 Å². The maximum atomic E-state index is 12.4. The van der Waals surface area contributed by atoms with Gasteiger partial charge in [0.1, 0.15) is 0 Å². The highest BCUT2D eigenvalue weighted by Gasteiger charge is 2.22. The SMILES string of the molecule is Cc1cc(N)c(C)c(S(=O)(=O)NCc2ccno2)c1C. The molecule has 6 nitrogen and oxygen atoms in total. The van der Waals surface area contributed by atoms with Crippen molar-refractivity contribution in [3.63, 3.8) is 0 Å². The average Bonchev–Trinajstić information content (AvgIpc) is 2.87. The number of nitrogens with one attached hydrogen (secondary N) is 1. The van der Waals surface area contributed by atoms with Crippen molar-refractivity contribution in [1.82, 2.24) is 9.88 Å². The van der Waals surface area contributed by atoms with Gasteiger partial charge in [-0.2, -0.15) is 0 Å². The molecule has 0 aliphatic carbocycles. The molecule has 0 bridgehead atoms. The molecule has 108 valence electrons. The van der Waals surface area contributed by atoms with Crippen LogP contribution in [0.3, 0.4) is 0 Å². The summed E-state index contributed by atoms with van der Waals surface area (Å²) in [6, 6.07) is 3.38. The first kappa shape index (κ1) is 14.5. The van der Waals surface area contributed by atoms with E-state index in [9.17, 15) is 8.42 Å². The summed E-state index contributed by atoms with van der Waals surface area (Å²) in [5, 5.41) is 3.53. The van der Waals surface area contributed by atoms with Gasteiger partial charge in [0, 0.05) is 11.8 Å². The molecule has 20 heavy (non-hydrogen) atoms. The molecule has 2 aromatic rings. The van der Waals surface area contributed by atoms with Crippen molar-refractivity contribution >= 4 is 15.7 Å². The molecule has 0 aliphatic heterocycles. The smallest absolute Gasteiger partial charge is 0.241 e. The molecule has 1 heterocycles. The molecule has 3 N–H and O–H groups in total. The minimum atomic E-state index is -3.66. The molecule has 0 fully saturated rings. The predicted octanol–water partition coefficient (Wildman–Crippen LogP) is 1.66. The van der Waals surface area contributed by atoms with E-state index in [0.29, 0.717) is 22.6 Å². The number of rotatable bonds is 4. The first-order chi connectivity index (χ1) is 9.33. The van der Waals surface area contributed by atoms with Gasteiger partial charge in [0.15, 0.2) is 5.76 Å². The lowest BCUT2D eigenvalue weighted by atomic mass is 10.1. The normalized spacial score (nSPS) is 11.8. The topological polar surface area (TPSA) is 98.2 Å². The highest BCUT2D eigenvalue weighted by molar-refractivity contribution is 7.89. The molecule has 0 amide bonds. The predicted molar refractivity (Wildman–Crippen MR) is 75.6 cm³/mol. The maximum Gasteiger partial charge on any atom is 0.241 e. The lowest BCUT2D eigenvalue weighted by molar-refractivity contribution is 0.380. The Labute approximate surface area is 118 Å². The molecule has 0 saturated carbocycles. The van der Waals surface area contributed by atoms with Gasteiger partial charge in [-0.25, -0.2) is 13.1 Å². The Balaban J connectivity index is 2.39. The Bertz CT molecular complexity index is 696. The molecule has 1 aromatic heterocycles. The second-order valence-electron chi connectivity index (χ2n) is 4.67. The quantitative estimate of drug-likeness (QED) is 0.836. The minimum absolute atomic E-state index is 0.0507. The molecule has 0 atom stereocenters. The standard InChI is InChI=1S/C13H17N3O3S/c1-8-6-12(14)10(3)13(9(8)2)20(17,18)16-7-11-4-5-15-19-11/h4-6,16H,7,14H2,1-3H3. The molecule has 7 heteroatoms. The summed E-state index contributed by atoms with van der Waals surface area (Å²) < 4.78 is 32.3. The zero-order chi connectivity index (χ0) is 14.9. The third-order valence-electron chi connectivity index (χ3n) is 3.27. The summed E-state index contributed by atoms with van der Waals surface area (Å²) in [5.41, 5.74) is 8.41. The van der Waals surface area contributed by atoms with Gasteiger partial charge in [-0.1, -0.05) is 5.16 Å². The van der Waals surface area contributed by atoms with E-state index in [2.05, 4.69) is 9.88 Å². The maximum absolute atomic E-state index is 12.4. The molecule has 0 spiro atoms. The van der Waals surface area contributed by atoms with Crippen LogP contribution in [0.1, 0.15) is 22.5 Å². The van der Waals surface area contributed by atoms with Crippen molar-refractivity contribution in [2.24, 2.45) is 0 Å². The van der Waals surface area contributed by atoms with Crippen LogP contribution in [0.2, 0.25) is 0 Å². The van der Waals surface area contributed by atoms with E-state index in [-0.39, 0.29) is 11.4 Å². The molecular formula is C13H17N3O3S. The lowest BCUT2D eigenvalue weighted by Crippen LogP contribution is -2.25. The van der Waals surface area contributed by atoms with E-state index in [1.165, 1.54) is 6.20 Å². The number of nitrogen functional groups attached to an aromatic ring is 1. The van der Waals surface area contributed by atoms with Crippen molar-refractivity contribution in [2.45, 2.75) is 32.2 Å². The summed E-state index contributed by atoms with van der Waals surface area (Å²) in [6.45, 7) is 5.35. The van der Waals surface area contributed by atoms with Gasteiger partial charge in [-0.3, -0.25) is 0 Å². The Kier molecular flexibility index (Phi) is 3.82. The number of aromatic nitrogens is 1. The van der Waals surface area contributed by atoms with E-state index in [1.807, 2.05) is 6.92 Å². The van der Waals surface area contributed by atoms with E-state index in [4.69, 9.17) is 10.3 Å². The Morgan fingerprint density at radius 2 is 2.00 bits per heavy atom. The van der Waals surface area contributed by atoms with Crippen molar-refractivity contribution < 1.29 is 12.9 Å². The fourth-order valence-electron chi connectivity index (χ4n) is 2.02. The van der Waals surface area contributed by atoms with Gasteiger partial charge < -0.3 is 10.3 Å². The van der Waals surface area contributed by atoms with Crippen LogP contribution in [0, 0.1) is 20.8 Å². The Morgan fingerprint density at radius 1 is 1.30 bits per heavy atom. The third-order valence-corrected chi connectivity index (χ3v) is 4.95. The number of aryl methyl sites for hydroxylation is 1. The van der Waals surface area contributed by atoms with Crippen LogP contribution in [-0.2, 0) is 16.6 Å². The number of hydrogen-bond donors (Lipinski definition) is 2. The summed E-state index contributed by atoms with van der Waals surface area (Å²) in [6.07, 6.45) is 1.46. The van der Waals surface area contributed by atoms with E-state index < -0.39 is 10.0 Å². The number of nitrogens with zero attached hydrogens (tertiary/aromatic N) is 1. The second kappa shape index (κ2) is 5.26. The summed E-state index contributed by atoms with van der Waals surface area (Å²) in [7, 11) is -3.66. The van der Waals surface area contributed by atoms with Gasteiger partial charge in [-0.05, 0) is 43.5 Å². The average molecular weight is 295 g/mol. The van der Waals surface area contributed by atoms with E-state index in [0.717, 1.165) is 5.56 Å². The zero-order valence-electron chi connectivity index (χ0n) is 11.6. The van der Waals surface area contributed by atoms with Crippen molar-refractivity contribution in [3.05, 3.63) is 40.8 Å². The number of hydrogen-bond acceptors (Lipinski definition) is 5. The summed E-state index contributed by atoms with van der Waals surface area (Å²) in [4.78, 5) is 0.231. The largest absolute Gasteiger partial charge is 0.398 e. The zero-order valence-corrected chi connectivity index (χ0v) is 12.4. The number of anilines is 1. The van der Waals surface area contributed by atoms with Gasteiger partial charge in [0.25, 0.3) is 0 Å². The van der Waals surface area contributed by atoms with Crippen molar-refractivity contribution in [1.29, 1.82) is 0 Å². The van der Waals surface area contributed by atoms with E-state index >= 15 is 0 Å². The van der Waals surface area contributed by atoms with Crippen LogP contribution in [0.15, 0.2) is 27.7 Å². The second-order valence-corrected chi connectivity index (χ2v) is 6.37. The molecule has 1 aromatic carbocycles. The number of benzene rings is 1. The van der Waals surface area contributed by atoms with Crippen LogP contribution in [0.5, 0.6) is 0 Å². The minimum Gasteiger partial charge on any atom is -0.398 e. The summed E-state index contributed by atoms with van der Waals surface area (Å²) >= 11 is 0. The third kappa shape index (κ3) is 2.68. The molecule has 0 radical (unpaired) electrons. The van der Waals surface area contributed by atoms with Crippen LogP contribution in [0.4, 0.5) is 5.69 Å². The van der Waals surface area contributed by atoms with Crippen molar-refractivity contribution in [2.75, 3.05) is 5.73 Å². The van der Waals surface area contributed by atoms with Crippen LogP contribution < -0.4 is 10.5 Å². The molecular weight excluding hydrogens is 278 g/mol. The lowest BCUT2D eigenvalue weighted by Gasteiger charge is -2.15. The molecule has 2 rings (SSSR count). The Morgan fingerprint density at radius 3 is 2.60 bits per heavy atom. The Hall–Kier alpha value is -1.86. The van der Waals surface area contributed by atoms with Gasteiger partial charge >= 0.3 is 0 Å². The first-order valence-electron chi connectivity index (χ1n) is 6.08. The molecule has 0 unspecified atom stereocenters. The highest BCUT2D eigenvalue weighted by atomic mass is 32.2. The van der Waals surface area contributed by atoms with Crippen LogP contribution >= 0.6 is 0 Å². The molecule has 0 aliphatic rings. The molecule has 0 saturated heterocycles.